The molecule has 0 saturated heterocycles. The van der Waals surface area contributed by atoms with E-state index in [0.717, 1.165) is 17.2 Å². The Kier molecular flexibility index (Phi) is 4.48. The van der Waals surface area contributed by atoms with Gasteiger partial charge in [-0.25, -0.2) is 8.78 Å². The van der Waals surface area contributed by atoms with Crippen LogP contribution < -0.4 is 0 Å². The Morgan fingerprint density at radius 2 is 1.48 bits per heavy atom. The molecule has 4 rings (SSSR count). The molecular weight excluding hydrogens is 342 g/mol. The number of hydrogen-bond acceptors (Lipinski definition) is 2. The summed E-state index contributed by atoms with van der Waals surface area (Å²) in [5, 5.41) is 0. The third-order valence-electron chi connectivity index (χ3n) is 4.88. The maximum atomic E-state index is 13.8. The molecule has 1 aliphatic heterocycles. The maximum Gasteiger partial charge on any atom is 0.132 e. The molecule has 0 bridgehead atoms. The molecule has 136 valence electrons. The van der Waals surface area contributed by atoms with Gasteiger partial charge in [-0.15, -0.1) is 0 Å². The second-order valence-electron chi connectivity index (χ2n) is 7.08. The summed E-state index contributed by atoms with van der Waals surface area (Å²) in [7, 11) is 0. The molecule has 0 N–H and O–H groups in total. The van der Waals surface area contributed by atoms with Gasteiger partial charge in [0.25, 0.3) is 0 Å². The van der Waals surface area contributed by atoms with E-state index in [2.05, 4.69) is 11.8 Å². The number of amidine groups is 1. The first-order valence-electron chi connectivity index (χ1n) is 8.94. The van der Waals surface area contributed by atoms with Crippen molar-refractivity contribution in [3.05, 3.63) is 107 Å². The molecule has 1 heterocycles. The zero-order valence-corrected chi connectivity index (χ0v) is 15.1. The Morgan fingerprint density at radius 1 is 0.889 bits per heavy atom. The lowest BCUT2D eigenvalue weighted by molar-refractivity contribution is 0.358. The van der Waals surface area contributed by atoms with Crippen LogP contribution in [0.4, 0.5) is 8.78 Å². The lowest BCUT2D eigenvalue weighted by atomic mass is 9.93. The summed E-state index contributed by atoms with van der Waals surface area (Å²) >= 11 is 0. The van der Waals surface area contributed by atoms with Gasteiger partial charge in [-0.05, 0) is 30.2 Å². The summed E-state index contributed by atoms with van der Waals surface area (Å²) in [5.41, 5.74) is 2.19. The molecule has 0 aromatic heterocycles. The van der Waals surface area contributed by atoms with Crippen molar-refractivity contribution in [2.75, 3.05) is 6.54 Å². The zero-order valence-electron chi connectivity index (χ0n) is 15.1. The topological polar surface area (TPSA) is 15.6 Å². The molecule has 0 radical (unpaired) electrons. The Morgan fingerprint density at radius 3 is 2.11 bits per heavy atom. The van der Waals surface area contributed by atoms with Gasteiger partial charge >= 0.3 is 0 Å². The van der Waals surface area contributed by atoms with E-state index < -0.39 is 17.2 Å². The standard InChI is InChI=1S/C23H20F2N2/c1-23(19-10-6-3-7-11-19)16-27(15-17-8-4-2-5-9-17)22(26-23)18-12-20(24)14-21(25)13-18/h2-14H,15-16H2,1H3. The normalized spacial score (nSPS) is 19.2. The van der Waals surface area contributed by atoms with Crippen molar-refractivity contribution >= 4 is 5.84 Å². The first kappa shape index (κ1) is 17.4. The van der Waals surface area contributed by atoms with Crippen LogP contribution in [-0.4, -0.2) is 17.3 Å². The van der Waals surface area contributed by atoms with Crippen LogP contribution >= 0.6 is 0 Å². The molecule has 3 aromatic rings. The van der Waals surface area contributed by atoms with Crippen molar-refractivity contribution in [2.24, 2.45) is 4.99 Å². The maximum absolute atomic E-state index is 13.8. The minimum absolute atomic E-state index is 0.461. The van der Waals surface area contributed by atoms with Gasteiger partial charge in [-0.3, -0.25) is 4.99 Å². The van der Waals surface area contributed by atoms with Crippen molar-refractivity contribution in [2.45, 2.75) is 19.0 Å². The summed E-state index contributed by atoms with van der Waals surface area (Å²) in [4.78, 5) is 7.02. The molecule has 1 aliphatic rings. The van der Waals surface area contributed by atoms with Gasteiger partial charge in [0.15, 0.2) is 0 Å². The zero-order chi connectivity index (χ0) is 18.9. The highest BCUT2D eigenvalue weighted by Crippen LogP contribution is 2.34. The third kappa shape index (κ3) is 3.61. The van der Waals surface area contributed by atoms with Gasteiger partial charge in [0.2, 0.25) is 0 Å². The molecule has 2 nitrogen and oxygen atoms in total. The van der Waals surface area contributed by atoms with Crippen molar-refractivity contribution in [3.63, 3.8) is 0 Å². The summed E-state index contributed by atoms with van der Waals surface area (Å²) in [6.07, 6.45) is 0. The van der Waals surface area contributed by atoms with E-state index in [0.29, 0.717) is 24.5 Å². The average molecular weight is 362 g/mol. The van der Waals surface area contributed by atoms with E-state index in [-0.39, 0.29) is 0 Å². The van der Waals surface area contributed by atoms with E-state index in [1.807, 2.05) is 60.7 Å². The number of rotatable bonds is 4. The second kappa shape index (κ2) is 6.95. The van der Waals surface area contributed by atoms with Crippen LogP contribution in [0.3, 0.4) is 0 Å². The molecular formula is C23H20F2N2. The van der Waals surface area contributed by atoms with E-state index >= 15 is 0 Å². The molecule has 0 spiro atoms. The van der Waals surface area contributed by atoms with Crippen molar-refractivity contribution in [1.82, 2.24) is 4.90 Å². The van der Waals surface area contributed by atoms with Crippen LogP contribution in [0.5, 0.6) is 0 Å². The van der Waals surface area contributed by atoms with Crippen LogP contribution in [0.25, 0.3) is 0 Å². The monoisotopic (exact) mass is 362 g/mol. The molecule has 0 fully saturated rings. The lowest BCUT2D eigenvalue weighted by Gasteiger charge is -2.25. The van der Waals surface area contributed by atoms with Crippen LogP contribution in [0.1, 0.15) is 23.6 Å². The Bertz CT molecular complexity index is 950. The Hall–Kier alpha value is -3.01. The largest absolute Gasteiger partial charge is 0.349 e. The van der Waals surface area contributed by atoms with Gasteiger partial charge in [0, 0.05) is 24.7 Å². The molecule has 1 atom stereocenters. The number of nitrogens with zero attached hydrogens (tertiary/aromatic N) is 2. The molecule has 1 unspecified atom stereocenters. The summed E-state index contributed by atoms with van der Waals surface area (Å²) in [6.45, 7) is 3.32. The molecule has 3 aromatic carbocycles. The summed E-state index contributed by atoms with van der Waals surface area (Å²) < 4.78 is 27.7. The van der Waals surface area contributed by atoms with Crippen LogP contribution in [0, 0.1) is 11.6 Å². The van der Waals surface area contributed by atoms with Crippen LogP contribution in [0.2, 0.25) is 0 Å². The third-order valence-corrected chi connectivity index (χ3v) is 4.88. The fourth-order valence-electron chi connectivity index (χ4n) is 3.60. The summed E-state index contributed by atoms with van der Waals surface area (Å²) in [5.74, 6) is -0.579. The Balaban J connectivity index is 1.77. The van der Waals surface area contributed by atoms with Crippen molar-refractivity contribution in [3.8, 4) is 0 Å². The Labute approximate surface area is 157 Å². The number of aliphatic imine (C=N–C) groups is 1. The number of hydrogen-bond donors (Lipinski definition) is 0. The summed E-state index contributed by atoms with van der Waals surface area (Å²) in [6, 6.07) is 23.6. The molecule has 0 aliphatic carbocycles. The van der Waals surface area contributed by atoms with E-state index in [9.17, 15) is 8.78 Å². The van der Waals surface area contributed by atoms with Crippen molar-refractivity contribution < 1.29 is 8.78 Å². The fraction of sp³-hybridized carbons (Fsp3) is 0.174. The van der Waals surface area contributed by atoms with Gasteiger partial charge in [-0.1, -0.05) is 60.7 Å². The predicted octanol–water partition coefficient (Wildman–Crippen LogP) is 5.14. The highest BCUT2D eigenvalue weighted by molar-refractivity contribution is 6.00. The minimum Gasteiger partial charge on any atom is -0.349 e. The van der Waals surface area contributed by atoms with E-state index in [1.165, 1.54) is 12.1 Å². The van der Waals surface area contributed by atoms with Gasteiger partial charge in [0.05, 0.1) is 0 Å². The minimum atomic E-state index is -0.597. The van der Waals surface area contributed by atoms with Crippen LogP contribution in [-0.2, 0) is 12.1 Å². The molecule has 0 amide bonds. The predicted molar refractivity (Wildman–Crippen MR) is 104 cm³/mol. The molecule has 4 heteroatoms. The van der Waals surface area contributed by atoms with Crippen molar-refractivity contribution in [1.29, 1.82) is 0 Å². The second-order valence-corrected chi connectivity index (χ2v) is 7.08. The smallest absolute Gasteiger partial charge is 0.132 e. The van der Waals surface area contributed by atoms with Gasteiger partial charge in [0.1, 0.15) is 23.0 Å². The van der Waals surface area contributed by atoms with Gasteiger partial charge in [-0.2, -0.15) is 0 Å². The lowest BCUT2D eigenvalue weighted by Crippen LogP contribution is -2.32. The van der Waals surface area contributed by atoms with E-state index in [1.54, 1.807) is 0 Å². The van der Waals surface area contributed by atoms with Crippen LogP contribution in [0.15, 0.2) is 83.9 Å². The first-order chi connectivity index (χ1) is 13.0. The fourth-order valence-corrected chi connectivity index (χ4v) is 3.60. The van der Waals surface area contributed by atoms with Gasteiger partial charge < -0.3 is 4.90 Å². The average Bonchev–Trinajstić information content (AvgIpc) is 3.00. The SMILES string of the molecule is CC1(c2ccccc2)CN(Cc2ccccc2)C(c2cc(F)cc(F)c2)=N1. The molecule has 0 saturated carbocycles. The highest BCUT2D eigenvalue weighted by atomic mass is 19.1. The first-order valence-corrected chi connectivity index (χ1v) is 8.94. The van der Waals surface area contributed by atoms with E-state index in [4.69, 9.17) is 4.99 Å². The molecule has 27 heavy (non-hydrogen) atoms. The number of benzene rings is 3. The highest BCUT2D eigenvalue weighted by Gasteiger charge is 2.37. The number of halogens is 2. The quantitative estimate of drug-likeness (QED) is 0.627.